The normalized spacial score (nSPS) is 10.4. The van der Waals surface area contributed by atoms with Gasteiger partial charge in [0.25, 0.3) is 0 Å². The van der Waals surface area contributed by atoms with Gasteiger partial charge < -0.3 is 17.2 Å². The average Bonchev–Trinajstić information content (AvgIpc) is 2.21. The summed E-state index contributed by atoms with van der Waals surface area (Å²) in [6.07, 6.45) is 1.65. The van der Waals surface area contributed by atoms with Gasteiger partial charge in [-0.05, 0) is 33.8 Å². The lowest BCUT2D eigenvalue weighted by molar-refractivity contribution is 0.977. The molecule has 88 valence electrons. The summed E-state index contributed by atoms with van der Waals surface area (Å²) in [5, 5.41) is 1.03. The van der Waals surface area contributed by atoms with Gasteiger partial charge in [-0.25, -0.2) is 15.0 Å². The van der Waals surface area contributed by atoms with Crippen LogP contribution in [0.3, 0.4) is 0 Å². The standard InChI is InChI=1S/C9H9BrN6S/c10-4-1-5(11)8(14-3-4)17-9-15-6(12)2-7(13)16-9/h1-3H,11H2,(H4,12,13,15,16). The molecule has 2 rings (SSSR count). The number of nitrogens with two attached hydrogens (primary N) is 3. The fraction of sp³-hybridized carbons (Fsp3) is 0. The van der Waals surface area contributed by atoms with Crippen LogP contribution in [0.15, 0.2) is 33.0 Å². The van der Waals surface area contributed by atoms with Crippen molar-refractivity contribution >= 4 is 45.0 Å². The Morgan fingerprint density at radius 1 is 1.06 bits per heavy atom. The summed E-state index contributed by atoms with van der Waals surface area (Å²) < 4.78 is 0.812. The van der Waals surface area contributed by atoms with Gasteiger partial charge in [-0.2, -0.15) is 0 Å². The van der Waals surface area contributed by atoms with Crippen LogP contribution in [0.1, 0.15) is 0 Å². The van der Waals surface area contributed by atoms with Crippen molar-refractivity contribution in [1.29, 1.82) is 0 Å². The summed E-state index contributed by atoms with van der Waals surface area (Å²) in [6.45, 7) is 0. The Morgan fingerprint density at radius 2 is 1.71 bits per heavy atom. The van der Waals surface area contributed by atoms with Crippen molar-refractivity contribution in [2.75, 3.05) is 17.2 Å². The Morgan fingerprint density at radius 3 is 2.29 bits per heavy atom. The zero-order valence-electron chi connectivity index (χ0n) is 8.59. The number of nitrogens with zero attached hydrogens (tertiary/aromatic N) is 3. The lowest BCUT2D eigenvalue weighted by Gasteiger charge is -2.04. The van der Waals surface area contributed by atoms with E-state index in [2.05, 4.69) is 30.9 Å². The van der Waals surface area contributed by atoms with E-state index in [9.17, 15) is 0 Å². The predicted octanol–water partition coefficient (Wildman–Crippen LogP) is 1.53. The summed E-state index contributed by atoms with van der Waals surface area (Å²) in [5.74, 6) is 0.631. The van der Waals surface area contributed by atoms with Gasteiger partial charge in [0.05, 0.1) is 5.69 Å². The van der Waals surface area contributed by atoms with Crippen molar-refractivity contribution in [2.45, 2.75) is 10.2 Å². The van der Waals surface area contributed by atoms with E-state index >= 15 is 0 Å². The fourth-order valence-corrected chi connectivity index (χ4v) is 2.23. The van der Waals surface area contributed by atoms with Crippen molar-refractivity contribution in [3.63, 3.8) is 0 Å². The van der Waals surface area contributed by atoms with Gasteiger partial charge in [0, 0.05) is 16.7 Å². The molecule has 0 aliphatic heterocycles. The van der Waals surface area contributed by atoms with Gasteiger partial charge in [-0.1, -0.05) is 0 Å². The fourth-order valence-electron chi connectivity index (χ4n) is 1.12. The Hall–Kier alpha value is -1.54. The van der Waals surface area contributed by atoms with E-state index < -0.39 is 0 Å². The molecule has 0 saturated carbocycles. The number of nitrogen functional groups attached to an aromatic ring is 3. The maximum absolute atomic E-state index is 5.81. The van der Waals surface area contributed by atoms with Crippen LogP contribution in [-0.2, 0) is 0 Å². The number of pyridine rings is 1. The summed E-state index contributed by atoms with van der Waals surface area (Å²) >= 11 is 4.49. The molecular weight excluding hydrogens is 304 g/mol. The van der Waals surface area contributed by atoms with Crippen LogP contribution >= 0.6 is 27.7 Å². The smallest absolute Gasteiger partial charge is 0.197 e. The van der Waals surface area contributed by atoms with Crippen LogP contribution in [0.2, 0.25) is 0 Å². The summed E-state index contributed by atoms with van der Waals surface area (Å²) in [6, 6.07) is 3.24. The monoisotopic (exact) mass is 312 g/mol. The molecule has 8 heteroatoms. The van der Waals surface area contributed by atoms with Gasteiger partial charge in [-0.15, -0.1) is 0 Å². The molecule has 2 heterocycles. The molecule has 0 aliphatic carbocycles. The van der Waals surface area contributed by atoms with E-state index in [1.54, 1.807) is 12.3 Å². The van der Waals surface area contributed by atoms with E-state index in [4.69, 9.17) is 17.2 Å². The predicted molar refractivity (Wildman–Crippen MR) is 71.3 cm³/mol. The van der Waals surface area contributed by atoms with E-state index in [1.165, 1.54) is 17.8 Å². The van der Waals surface area contributed by atoms with Crippen LogP contribution in [-0.4, -0.2) is 15.0 Å². The number of aromatic nitrogens is 3. The first-order valence-corrected chi connectivity index (χ1v) is 6.14. The van der Waals surface area contributed by atoms with Gasteiger partial charge in [0.15, 0.2) is 5.16 Å². The van der Waals surface area contributed by atoms with Crippen molar-refractivity contribution in [3.05, 3.63) is 22.8 Å². The molecule has 0 bridgehead atoms. The van der Waals surface area contributed by atoms with Crippen LogP contribution in [0, 0.1) is 0 Å². The number of anilines is 3. The molecule has 0 spiro atoms. The van der Waals surface area contributed by atoms with Crippen LogP contribution in [0.4, 0.5) is 17.3 Å². The van der Waals surface area contributed by atoms with Gasteiger partial charge >= 0.3 is 0 Å². The SMILES string of the molecule is Nc1cc(N)nc(Sc2ncc(Br)cc2N)n1. The summed E-state index contributed by atoms with van der Waals surface area (Å²) in [5.41, 5.74) is 17.5. The topological polar surface area (TPSA) is 117 Å². The molecule has 17 heavy (non-hydrogen) atoms. The molecule has 2 aromatic rings. The second-order valence-electron chi connectivity index (χ2n) is 3.15. The molecule has 2 aromatic heterocycles. The van der Waals surface area contributed by atoms with Gasteiger partial charge in [0.2, 0.25) is 0 Å². The van der Waals surface area contributed by atoms with Crippen LogP contribution in [0.25, 0.3) is 0 Å². The van der Waals surface area contributed by atoms with Gasteiger partial charge in [0.1, 0.15) is 16.7 Å². The largest absolute Gasteiger partial charge is 0.396 e. The Balaban J connectivity index is 2.31. The highest BCUT2D eigenvalue weighted by Crippen LogP contribution is 2.30. The van der Waals surface area contributed by atoms with E-state index in [0.29, 0.717) is 27.5 Å². The molecule has 0 aromatic carbocycles. The number of rotatable bonds is 2. The number of hydrogen-bond acceptors (Lipinski definition) is 7. The van der Waals surface area contributed by atoms with Gasteiger partial charge in [-0.3, -0.25) is 0 Å². The third-order valence-corrected chi connectivity index (χ3v) is 3.11. The highest BCUT2D eigenvalue weighted by molar-refractivity contribution is 9.10. The molecule has 0 aliphatic rings. The first-order chi connectivity index (χ1) is 8.04. The summed E-state index contributed by atoms with van der Waals surface area (Å²) in [4.78, 5) is 12.2. The van der Waals surface area contributed by atoms with E-state index in [0.717, 1.165) is 4.47 Å². The highest BCUT2D eigenvalue weighted by Gasteiger charge is 2.08. The molecule has 0 unspecified atom stereocenters. The first-order valence-electron chi connectivity index (χ1n) is 4.53. The molecule has 6 nitrogen and oxygen atoms in total. The number of halogens is 1. The second kappa shape index (κ2) is 4.76. The molecule has 0 saturated heterocycles. The Bertz CT molecular complexity index is 541. The lowest BCUT2D eigenvalue weighted by atomic mass is 10.4. The second-order valence-corrected chi connectivity index (χ2v) is 5.02. The molecule has 0 atom stereocenters. The molecular formula is C9H9BrN6S. The van der Waals surface area contributed by atoms with Crippen LogP contribution < -0.4 is 17.2 Å². The third kappa shape index (κ3) is 2.98. The summed E-state index contributed by atoms with van der Waals surface area (Å²) in [7, 11) is 0. The minimum absolute atomic E-state index is 0.315. The first kappa shape index (κ1) is 11.9. The average molecular weight is 313 g/mol. The Labute approximate surface area is 110 Å². The maximum Gasteiger partial charge on any atom is 0.197 e. The third-order valence-electron chi connectivity index (χ3n) is 1.78. The van der Waals surface area contributed by atoms with Crippen LogP contribution in [0.5, 0.6) is 0 Å². The Kier molecular flexibility index (Phi) is 3.34. The molecule has 0 fully saturated rings. The van der Waals surface area contributed by atoms with E-state index in [-0.39, 0.29) is 0 Å². The molecule has 6 N–H and O–H groups in total. The number of hydrogen-bond donors (Lipinski definition) is 3. The van der Waals surface area contributed by atoms with Crippen molar-refractivity contribution < 1.29 is 0 Å². The zero-order chi connectivity index (χ0) is 12.4. The van der Waals surface area contributed by atoms with E-state index in [1.807, 2.05) is 0 Å². The quantitative estimate of drug-likeness (QED) is 0.720. The zero-order valence-corrected chi connectivity index (χ0v) is 11.0. The maximum atomic E-state index is 5.81. The van der Waals surface area contributed by atoms with Crippen molar-refractivity contribution in [1.82, 2.24) is 15.0 Å². The highest BCUT2D eigenvalue weighted by atomic mass is 79.9. The minimum Gasteiger partial charge on any atom is -0.396 e. The lowest BCUT2D eigenvalue weighted by Crippen LogP contribution is -2.00. The van der Waals surface area contributed by atoms with Crippen molar-refractivity contribution in [3.8, 4) is 0 Å². The molecule has 0 radical (unpaired) electrons. The minimum atomic E-state index is 0.315. The molecule has 0 amide bonds. The van der Waals surface area contributed by atoms with Crippen molar-refractivity contribution in [2.24, 2.45) is 0 Å².